The van der Waals surface area contributed by atoms with Gasteiger partial charge in [-0.2, -0.15) is 0 Å². The highest BCUT2D eigenvalue weighted by Crippen LogP contribution is 2.33. The third-order valence-electron chi connectivity index (χ3n) is 3.52. The summed E-state index contributed by atoms with van der Waals surface area (Å²) in [4.78, 5) is 2.45. The van der Waals surface area contributed by atoms with Gasteiger partial charge in [-0.15, -0.1) is 0 Å². The van der Waals surface area contributed by atoms with Gasteiger partial charge in [-0.3, -0.25) is 4.90 Å². The van der Waals surface area contributed by atoms with Crippen LogP contribution in [0.2, 0.25) is 0 Å². The van der Waals surface area contributed by atoms with Crippen LogP contribution in [0, 0.1) is 5.92 Å². The van der Waals surface area contributed by atoms with E-state index >= 15 is 0 Å². The van der Waals surface area contributed by atoms with Crippen LogP contribution in [0.25, 0.3) is 0 Å². The summed E-state index contributed by atoms with van der Waals surface area (Å²) in [5.74, 6) is 0.931. The minimum absolute atomic E-state index is 0.353. The first-order chi connectivity index (χ1) is 8.28. The Labute approximate surface area is 105 Å². The Morgan fingerprint density at radius 1 is 1.29 bits per heavy atom. The second-order valence-corrected chi connectivity index (χ2v) is 5.25. The maximum atomic E-state index is 6.20. The maximum absolute atomic E-state index is 6.20. The van der Waals surface area contributed by atoms with Gasteiger partial charge < -0.3 is 5.73 Å². The van der Waals surface area contributed by atoms with Crippen molar-refractivity contribution in [1.82, 2.24) is 4.90 Å². The summed E-state index contributed by atoms with van der Waals surface area (Å²) in [5, 5.41) is 0. The fourth-order valence-corrected chi connectivity index (χ4v) is 2.33. The number of benzene rings is 1. The average Bonchev–Trinajstić information content (AvgIpc) is 3.13. The lowest BCUT2D eigenvalue weighted by atomic mass is 10.1. The lowest BCUT2D eigenvalue weighted by molar-refractivity contribution is 0.254. The molecule has 1 fully saturated rings. The van der Waals surface area contributed by atoms with Gasteiger partial charge in [0.05, 0.1) is 0 Å². The van der Waals surface area contributed by atoms with Gasteiger partial charge in [0.25, 0.3) is 0 Å². The van der Waals surface area contributed by atoms with Gasteiger partial charge in [0.15, 0.2) is 0 Å². The van der Waals surface area contributed by atoms with Crippen molar-refractivity contribution in [3.63, 3.8) is 0 Å². The molecule has 2 N–H and O–H groups in total. The molecule has 0 radical (unpaired) electrons. The number of hydrogen-bond acceptors (Lipinski definition) is 2. The number of rotatable bonds is 7. The van der Waals surface area contributed by atoms with E-state index in [-0.39, 0.29) is 0 Å². The lowest BCUT2D eigenvalue weighted by Gasteiger charge is -2.24. The monoisotopic (exact) mass is 232 g/mol. The van der Waals surface area contributed by atoms with Crippen LogP contribution >= 0.6 is 0 Å². The van der Waals surface area contributed by atoms with E-state index in [0.717, 1.165) is 25.6 Å². The molecule has 0 bridgehead atoms. The van der Waals surface area contributed by atoms with Crippen LogP contribution in [0.3, 0.4) is 0 Å². The highest BCUT2D eigenvalue weighted by Gasteiger charge is 2.24. The van der Waals surface area contributed by atoms with Crippen molar-refractivity contribution in [2.24, 2.45) is 11.7 Å². The van der Waals surface area contributed by atoms with Crippen molar-refractivity contribution in [2.75, 3.05) is 13.1 Å². The minimum atomic E-state index is 0.353. The van der Waals surface area contributed by atoms with Crippen LogP contribution in [-0.2, 0) is 6.54 Å². The fraction of sp³-hybridized carbons (Fsp3) is 0.600. The van der Waals surface area contributed by atoms with Crippen molar-refractivity contribution in [1.29, 1.82) is 0 Å². The van der Waals surface area contributed by atoms with E-state index in [1.165, 1.54) is 24.8 Å². The Bertz CT molecular complexity index is 319. The zero-order valence-electron chi connectivity index (χ0n) is 10.8. The maximum Gasteiger partial charge on any atom is 0.0234 e. The summed E-state index contributed by atoms with van der Waals surface area (Å²) in [5.41, 5.74) is 7.59. The van der Waals surface area contributed by atoms with E-state index in [1.807, 2.05) is 0 Å². The molecular weight excluding hydrogens is 208 g/mol. The van der Waals surface area contributed by atoms with Crippen LogP contribution in [0.15, 0.2) is 30.3 Å². The molecule has 1 unspecified atom stereocenters. The molecule has 1 saturated carbocycles. The first-order valence-corrected chi connectivity index (χ1v) is 6.79. The van der Waals surface area contributed by atoms with Crippen LogP contribution in [0.1, 0.15) is 31.7 Å². The Kier molecular flexibility index (Phi) is 4.57. The van der Waals surface area contributed by atoms with Crippen molar-refractivity contribution < 1.29 is 0 Å². The zero-order chi connectivity index (χ0) is 12.1. The summed E-state index contributed by atoms with van der Waals surface area (Å²) in [6.07, 6.45) is 4.02. The molecule has 1 aliphatic carbocycles. The third-order valence-corrected chi connectivity index (χ3v) is 3.52. The molecule has 17 heavy (non-hydrogen) atoms. The summed E-state index contributed by atoms with van der Waals surface area (Å²) in [7, 11) is 0. The topological polar surface area (TPSA) is 29.3 Å². The first kappa shape index (κ1) is 12.6. The Balaban J connectivity index is 1.79. The molecule has 1 aromatic carbocycles. The van der Waals surface area contributed by atoms with E-state index in [1.54, 1.807) is 0 Å². The predicted molar refractivity (Wildman–Crippen MR) is 72.7 cm³/mol. The van der Waals surface area contributed by atoms with Crippen LogP contribution < -0.4 is 5.73 Å². The smallest absolute Gasteiger partial charge is 0.0234 e. The summed E-state index contributed by atoms with van der Waals surface area (Å²) in [6.45, 7) is 5.34. The second-order valence-electron chi connectivity index (χ2n) is 5.25. The van der Waals surface area contributed by atoms with Gasteiger partial charge >= 0.3 is 0 Å². The molecule has 1 atom stereocenters. The van der Waals surface area contributed by atoms with E-state index in [0.29, 0.717) is 6.04 Å². The highest BCUT2D eigenvalue weighted by atomic mass is 15.1. The molecule has 1 aromatic rings. The predicted octanol–water partition coefficient (Wildman–Crippen LogP) is 2.64. The number of nitrogens with zero attached hydrogens (tertiary/aromatic N) is 1. The summed E-state index contributed by atoms with van der Waals surface area (Å²) in [6, 6.07) is 11.0. The number of likely N-dealkylation sites (N-methyl/N-ethyl adjacent to an activating group) is 1. The molecular formula is C15H24N2. The number of hydrogen-bond donors (Lipinski definition) is 1. The van der Waals surface area contributed by atoms with Gasteiger partial charge in [-0.1, -0.05) is 50.1 Å². The van der Waals surface area contributed by atoms with Gasteiger partial charge in [0.1, 0.15) is 0 Å². The van der Waals surface area contributed by atoms with E-state index in [2.05, 4.69) is 42.2 Å². The molecule has 2 nitrogen and oxygen atoms in total. The Morgan fingerprint density at radius 3 is 2.59 bits per heavy atom. The van der Waals surface area contributed by atoms with Gasteiger partial charge in [0, 0.05) is 19.1 Å². The largest absolute Gasteiger partial charge is 0.327 e. The first-order valence-electron chi connectivity index (χ1n) is 6.79. The van der Waals surface area contributed by atoms with Crippen molar-refractivity contribution >= 4 is 0 Å². The molecule has 2 heteroatoms. The molecule has 2 rings (SSSR count). The van der Waals surface area contributed by atoms with Crippen LogP contribution in [0.5, 0.6) is 0 Å². The molecule has 94 valence electrons. The molecule has 1 aliphatic rings. The minimum Gasteiger partial charge on any atom is -0.327 e. The van der Waals surface area contributed by atoms with Crippen LogP contribution in [-0.4, -0.2) is 24.0 Å². The third kappa shape index (κ3) is 4.49. The zero-order valence-corrected chi connectivity index (χ0v) is 10.8. The van der Waals surface area contributed by atoms with E-state index in [4.69, 9.17) is 5.73 Å². The SMILES string of the molecule is CCN(Cc1ccccc1)CC(N)CC1CC1. The van der Waals surface area contributed by atoms with E-state index < -0.39 is 0 Å². The summed E-state index contributed by atoms with van der Waals surface area (Å²) < 4.78 is 0. The summed E-state index contributed by atoms with van der Waals surface area (Å²) >= 11 is 0. The fourth-order valence-electron chi connectivity index (χ4n) is 2.33. The lowest BCUT2D eigenvalue weighted by Crippen LogP contribution is -2.37. The second kappa shape index (κ2) is 6.18. The molecule has 0 aromatic heterocycles. The standard InChI is InChI=1S/C15H24N2/c1-2-17(11-14-6-4-3-5-7-14)12-15(16)10-13-8-9-13/h3-7,13,15H,2,8-12,16H2,1H3. The van der Waals surface area contributed by atoms with Gasteiger partial charge in [0.2, 0.25) is 0 Å². The number of nitrogens with two attached hydrogens (primary N) is 1. The quantitative estimate of drug-likeness (QED) is 0.783. The molecule has 0 spiro atoms. The highest BCUT2D eigenvalue weighted by molar-refractivity contribution is 5.14. The molecule has 0 amide bonds. The van der Waals surface area contributed by atoms with Crippen molar-refractivity contribution in [3.8, 4) is 0 Å². The normalized spacial score (nSPS) is 17.4. The Hall–Kier alpha value is -0.860. The van der Waals surface area contributed by atoms with Crippen LogP contribution in [0.4, 0.5) is 0 Å². The van der Waals surface area contributed by atoms with Gasteiger partial charge in [-0.25, -0.2) is 0 Å². The Morgan fingerprint density at radius 2 is 2.00 bits per heavy atom. The average molecular weight is 232 g/mol. The van der Waals surface area contributed by atoms with E-state index in [9.17, 15) is 0 Å². The molecule has 0 heterocycles. The molecule has 0 saturated heterocycles. The van der Waals surface area contributed by atoms with Gasteiger partial charge in [-0.05, 0) is 24.4 Å². The van der Waals surface area contributed by atoms with Crippen molar-refractivity contribution in [3.05, 3.63) is 35.9 Å². The molecule has 0 aliphatic heterocycles. The van der Waals surface area contributed by atoms with Crippen molar-refractivity contribution in [2.45, 2.75) is 38.8 Å².